The van der Waals surface area contributed by atoms with Crippen LogP contribution in [0.2, 0.25) is 0 Å². The molecule has 0 atom stereocenters. The number of guanidine groups is 1. The van der Waals surface area contributed by atoms with Crippen molar-refractivity contribution in [2.75, 3.05) is 14.1 Å². The fraction of sp³-hybridized carbons (Fsp3) is 0.389. The van der Waals surface area contributed by atoms with E-state index in [2.05, 4.69) is 39.4 Å². The van der Waals surface area contributed by atoms with Crippen LogP contribution < -0.4 is 15.4 Å². The maximum absolute atomic E-state index is 11.6. The lowest BCUT2D eigenvalue weighted by Crippen LogP contribution is -2.36. The van der Waals surface area contributed by atoms with E-state index < -0.39 is 10.0 Å². The third-order valence-corrected chi connectivity index (χ3v) is 6.43. The van der Waals surface area contributed by atoms with Gasteiger partial charge in [0, 0.05) is 23.3 Å². The van der Waals surface area contributed by atoms with Gasteiger partial charge >= 0.3 is 0 Å². The molecule has 0 fully saturated rings. The van der Waals surface area contributed by atoms with Gasteiger partial charge in [-0.3, -0.25) is 4.99 Å². The first kappa shape index (κ1) is 20.4. The monoisotopic (exact) mass is 394 g/mol. The number of aliphatic imine (C=N–C) groups is 1. The van der Waals surface area contributed by atoms with Gasteiger partial charge in [-0.1, -0.05) is 31.2 Å². The molecule has 0 aliphatic rings. The molecule has 0 unspecified atom stereocenters. The predicted octanol–water partition coefficient (Wildman–Crippen LogP) is 2.22. The van der Waals surface area contributed by atoms with Crippen LogP contribution in [0, 0.1) is 0 Å². The number of hydrogen-bond donors (Lipinski definition) is 3. The molecule has 142 valence electrons. The summed E-state index contributed by atoms with van der Waals surface area (Å²) in [6, 6.07) is 11.8. The van der Waals surface area contributed by atoms with Crippen molar-refractivity contribution >= 4 is 27.3 Å². The molecule has 0 aliphatic carbocycles. The molecule has 2 rings (SSSR count). The summed E-state index contributed by atoms with van der Waals surface area (Å²) < 4.78 is 25.5. The molecule has 8 heteroatoms. The van der Waals surface area contributed by atoms with Gasteiger partial charge in [-0.15, -0.1) is 11.3 Å². The zero-order valence-electron chi connectivity index (χ0n) is 15.4. The van der Waals surface area contributed by atoms with Crippen molar-refractivity contribution in [1.82, 2.24) is 15.4 Å². The quantitative estimate of drug-likeness (QED) is 0.474. The smallest absolute Gasteiger partial charge is 0.215 e. The summed E-state index contributed by atoms with van der Waals surface area (Å²) >= 11 is 1.81. The molecule has 0 amide bonds. The van der Waals surface area contributed by atoms with E-state index >= 15 is 0 Å². The Balaban J connectivity index is 1.84. The number of nitrogens with one attached hydrogen (secondary N) is 3. The Labute approximate surface area is 159 Å². The molecular formula is C18H26N4O2S2. The Hall–Kier alpha value is -1.90. The third-order valence-electron chi connectivity index (χ3n) is 3.87. The van der Waals surface area contributed by atoms with E-state index in [-0.39, 0.29) is 5.75 Å². The molecule has 0 spiro atoms. The fourth-order valence-electron chi connectivity index (χ4n) is 2.33. The van der Waals surface area contributed by atoms with Crippen LogP contribution in [0.15, 0.2) is 41.4 Å². The van der Waals surface area contributed by atoms with Crippen molar-refractivity contribution in [2.45, 2.75) is 32.2 Å². The molecular weight excluding hydrogens is 368 g/mol. The highest BCUT2D eigenvalue weighted by Crippen LogP contribution is 2.16. The summed E-state index contributed by atoms with van der Waals surface area (Å²) in [6.45, 7) is 3.51. The van der Waals surface area contributed by atoms with Crippen LogP contribution >= 0.6 is 11.3 Å². The molecule has 0 aliphatic heterocycles. The van der Waals surface area contributed by atoms with Crippen molar-refractivity contribution in [3.8, 4) is 0 Å². The van der Waals surface area contributed by atoms with Gasteiger partial charge in [-0.2, -0.15) is 0 Å². The van der Waals surface area contributed by atoms with Crippen molar-refractivity contribution in [1.29, 1.82) is 0 Å². The molecule has 2 aromatic rings. The van der Waals surface area contributed by atoms with Crippen molar-refractivity contribution in [3.05, 3.63) is 57.3 Å². The van der Waals surface area contributed by atoms with Crippen molar-refractivity contribution in [2.24, 2.45) is 4.99 Å². The second-order valence-corrected chi connectivity index (χ2v) is 8.96. The van der Waals surface area contributed by atoms with E-state index in [1.807, 2.05) is 35.6 Å². The van der Waals surface area contributed by atoms with Gasteiger partial charge in [0.05, 0.1) is 12.3 Å². The van der Waals surface area contributed by atoms with Crippen LogP contribution in [0.3, 0.4) is 0 Å². The van der Waals surface area contributed by atoms with Gasteiger partial charge in [0.25, 0.3) is 0 Å². The Morgan fingerprint density at radius 1 is 1.00 bits per heavy atom. The van der Waals surface area contributed by atoms with Gasteiger partial charge in [-0.05, 0) is 36.7 Å². The van der Waals surface area contributed by atoms with E-state index in [4.69, 9.17) is 0 Å². The summed E-state index contributed by atoms with van der Waals surface area (Å²) in [5, 5.41) is 6.57. The maximum Gasteiger partial charge on any atom is 0.215 e. The first-order chi connectivity index (χ1) is 12.5. The highest BCUT2D eigenvalue weighted by atomic mass is 32.2. The van der Waals surface area contributed by atoms with E-state index in [9.17, 15) is 8.42 Å². The lowest BCUT2D eigenvalue weighted by atomic mass is 10.1. The third kappa shape index (κ3) is 6.44. The number of thiophene rings is 1. The molecule has 0 saturated heterocycles. The SMILES string of the molecule is CCc1ccc(CNC(=NC)NCc2ccc(CS(=O)(=O)NC)cc2)s1. The van der Waals surface area contributed by atoms with Crippen LogP contribution in [0.5, 0.6) is 0 Å². The first-order valence-corrected chi connectivity index (χ1v) is 10.9. The summed E-state index contributed by atoms with van der Waals surface area (Å²) in [7, 11) is -0.0778. The second-order valence-electron chi connectivity index (χ2n) is 5.78. The van der Waals surface area contributed by atoms with E-state index in [1.165, 1.54) is 16.8 Å². The van der Waals surface area contributed by atoms with Gasteiger partial charge in [0.15, 0.2) is 5.96 Å². The molecule has 3 N–H and O–H groups in total. The molecule has 0 saturated carbocycles. The van der Waals surface area contributed by atoms with Crippen LogP contribution in [-0.2, 0) is 35.3 Å². The first-order valence-electron chi connectivity index (χ1n) is 8.47. The lowest BCUT2D eigenvalue weighted by Gasteiger charge is -2.11. The largest absolute Gasteiger partial charge is 0.352 e. The van der Waals surface area contributed by atoms with E-state index in [1.54, 1.807) is 7.05 Å². The van der Waals surface area contributed by atoms with Crippen LogP contribution in [-0.4, -0.2) is 28.5 Å². The number of benzene rings is 1. The van der Waals surface area contributed by atoms with Crippen molar-refractivity contribution < 1.29 is 8.42 Å². The highest BCUT2D eigenvalue weighted by Gasteiger charge is 2.08. The maximum atomic E-state index is 11.6. The topological polar surface area (TPSA) is 82.6 Å². The number of rotatable bonds is 8. The molecule has 0 radical (unpaired) electrons. The van der Waals surface area contributed by atoms with Gasteiger partial charge in [-0.25, -0.2) is 13.1 Å². The lowest BCUT2D eigenvalue weighted by molar-refractivity contribution is 0.587. The summed E-state index contributed by atoms with van der Waals surface area (Å²) in [5.41, 5.74) is 1.82. The molecule has 6 nitrogen and oxygen atoms in total. The molecule has 1 aromatic heterocycles. The zero-order chi connectivity index (χ0) is 19.0. The van der Waals surface area contributed by atoms with Gasteiger partial charge < -0.3 is 10.6 Å². The average molecular weight is 395 g/mol. The second kappa shape index (κ2) is 9.70. The Bertz CT molecular complexity index is 827. The molecule has 1 aromatic carbocycles. The van der Waals surface area contributed by atoms with Gasteiger partial charge in [0.1, 0.15) is 0 Å². The summed E-state index contributed by atoms with van der Waals surface area (Å²) in [5.74, 6) is 0.722. The van der Waals surface area contributed by atoms with Crippen molar-refractivity contribution in [3.63, 3.8) is 0 Å². The van der Waals surface area contributed by atoms with E-state index in [0.717, 1.165) is 30.1 Å². The Kier molecular flexibility index (Phi) is 7.62. The number of sulfonamides is 1. The van der Waals surface area contributed by atoms with Gasteiger partial charge in [0.2, 0.25) is 10.0 Å². The standard InChI is InChI=1S/C18H26N4O2S2/c1-4-16-9-10-17(25-16)12-22-18(19-2)21-11-14-5-7-15(8-6-14)13-26(23,24)20-3/h5-10,20H,4,11-13H2,1-3H3,(H2,19,21,22). The minimum atomic E-state index is -3.24. The minimum absolute atomic E-state index is 0.0129. The molecule has 1 heterocycles. The van der Waals surface area contributed by atoms with Crippen LogP contribution in [0.1, 0.15) is 27.8 Å². The number of aryl methyl sites for hydroxylation is 1. The summed E-state index contributed by atoms with van der Waals surface area (Å²) in [6.07, 6.45) is 1.06. The Morgan fingerprint density at radius 3 is 2.19 bits per heavy atom. The van der Waals surface area contributed by atoms with Crippen LogP contribution in [0.25, 0.3) is 0 Å². The minimum Gasteiger partial charge on any atom is -0.352 e. The Morgan fingerprint density at radius 2 is 1.62 bits per heavy atom. The van der Waals surface area contributed by atoms with Crippen LogP contribution in [0.4, 0.5) is 0 Å². The normalized spacial score (nSPS) is 12.2. The fourth-order valence-corrected chi connectivity index (χ4v) is 4.00. The van der Waals surface area contributed by atoms with E-state index in [0.29, 0.717) is 6.54 Å². The molecule has 26 heavy (non-hydrogen) atoms. The highest BCUT2D eigenvalue weighted by molar-refractivity contribution is 7.88. The molecule has 0 bridgehead atoms. The number of hydrogen-bond acceptors (Lipinski definition) is 4. The zero-order valence-corrected chi connectivity index (χ0v) is 17.0. The average Bonchev–Trinajstić information content (AvgIpc) is 3.11. The number of nitrogens with zero attached hydrogens (tertiary/aromatic N) is 1. The predicted molar refractivity (Wildman–Crippen MR) is 109 cm³/mol. The summed E-state index contributed by atoms with van der Waals surface area (Å²) in [4.78, 5) is 6.89.